The van der Waals surface area contributed by atoms with Crippen molar-refractivity contribution in [2.75, 3.05) is 23.8 Å². The van der Waals surface area contributed by atoms with Gasteiger partial charge in [-0.1, -0.05) is 18.2 Å². The van der Waals surface area contributed by atoms with Gasteiger partial charge in [-0.25, -0.2) is 0 Å². The smallest absolute Gasteiger partial charge is 0.254 e. The third-order valence-electron chi connectivity index (χ3n) is 3.39. The lowest BCUT2D eigenvalue weighted by Gasteiger charge is -2.29. The van der Waals surface area contributed by atoms with Crippen LogP contribution in [-0.2, 0) is 16.6 Å². The molecule has 0 fully saturated rings. The molecule has 1 aromatic rings. The van der Waals surface area contributed by atoms with Gasteiger partial charge in [0.25, 0.3) is 0 Å². The molecule has 0 amide bonds. The van der Waals surface area contributed by atoms with Crippen LogP contribution in [0.1, 0.15) is 18.9 Å². The normalized spacial score (nSPS) is 18.9. The number of halogens is 1. The molecule has 0 saturated heterocycles. The van der Waals surface area contributed by atoms with E-state index in [0.29, 0.717) is 18.8 Å². The first-order valence-electron chi connectivity index (χ1n) is 6.38. The number of benzene rings is 1. The second-order valence-electron chi connectivity index (χ2n) is 4.85. The predicted octanol–water partition coefficient (Wildman–Crippen LogP) is 2.24. The Hall–Kier alpha value is -0.780. The maximum absolute atomic E-state index is 12.6. The molecule has 1 unspecified atom stereocenters. The monoisotopic (exact) mass is 302 g/mol. The SMILES string of the molecule is CC1Cc2ccccc2N1S(=O)(=O)N(C)CCCCl. The van der Waals surface area contributed by atoms with Crippen LogP contribution in [0.3, 0.4) is 0 Å². The zero-order valence-corrected chi connectivity index (χ0v) is 12.8. The summed E-state index contributed by atoms with van der Waals surface area (Å²) in [6.07, 6.45) is 1.42. The molecule has 6 heteroatoms. The number of nitrogens with zero attached hydrogens (tertiary/aromatic N) is 2. The van der Waals surface area contributed by atoms with Gasteiger partial charge in [-0.3, -0.25) is 4.31 Å². The van der Waals surface area contributed by atoms with Crippen molar-refractivity contribution in [2.24, 2.45) is 0 Å². The molecule has 1 heterocycles. The second kappa shape index (κ2) is 5.69. The zero-order chi connectivity index (χ0) is 14.0. The van der Waals surface area contributed by atoms with Crippen molar-refractivity contribution in [1.82, 2.24) is 4.31 Å². The van der Waals surface area contributed by atoms with Crippen molar-refractivity contribution in [2.45, 2.75) is 25.8 Å². The van der Waals surface area contributed by atoms with Crippen LogP contribution in [0.15, 0.2) is 24.3 Å². The maximum atomic E-state index is 12.6. The predicted molar refractivity (Wildman–Crippen MR) is 79.0 cm³/mol. The topological polar surface area (TPSA) is 40.6 Å². The molecule has 106 valence electrons. The highest BCUT2D eigenvalue weighted by molar-refractivity contribution is 7.90. The third kappa shape index (κ3) is 2.73. The molecule has 0 spiro atoms. The van der Waals surface area contributed by atoms with Crippen molar-refractivity contribution in [3.05, 3.63) is 29.8 Å². The van der Waals surface area contributed by atoms with Gasteiger partial charge >= 0.3 is 10.2 Å². The summed E-state index contributed by atoms with van der Waals surface area (Å²) >= 11 is 5.63. The molecular weight excluding hydrogens is 284 g/mol. The summed E-state index contributed by atoms with van der Waals surface area (Å²) in [5, 5.41) is 0. The molecule has 1 atom stereocenters. The van der Waals surface area contributed by atoms with Crippen LogP contribution in [0, 0.1) is 0 Å². The number of hydrogen-bond acceptors (Lipinski definition) is 2. The van der Waals surface area contributed by atoms with Gasteiger partial charge in [0.2, 0.25) is 0 Å². The summed E-state index contributed by atoms with van der Waals surface area (Å²) in [4.78, 5) is 0. The fourth-order valence-corrected chi connectivity index (χ4v) is 4.17. The quantitative estimate of drug-likeness (QED) is 0.783. The molecular formula is C13H19ClN2O2S. The van der Waals surface area contributed by atoms with E-state index in [1.165, 1.54) is 8.61 Å². The molecule has 0 N–H and O–H groups in total. The molecule has 0 saturated carbocycles. The molecule has 0 aromatic heterocycles. The van der Waals surface area contributed by atoms with Gasteiger partial charge in [0.15, 0.2) is 0 Å². The third-order valence-corrected chi connectivity index (χ3v) is 5.69. The van der Waals surface area contributed by atoms with Crippen LogP contribution in [0.25, 0.3) is 0 Å². The van der Waals surface area contributed by atoms with Gasteiger partial charge in [0.1, 0.15) is 0 Å². The number of anilines is 1. The van der Waals surface area contributed by atoms with Gasteiger partial charge in [0, 0.05) is 25.5 Å². The second-order valence-corrected chi connectivity index (χ2v) is 7.14. The van der Waals surface area contributed by atoms with Crippen LogP contribution in [0.2, 0.25) is 0 Å². The molecule has 1 aliphatic heterocycles. The van der Waals surface area contributed by atoms with E-state index >= 15 is 0 Å². The molecule has 19 heavy (non-hydrogen) atoms. The van der Waals surface area contributed by atoms with E-state index in [1.807, 2.05) is 31.2 Å². The summed E-state index contributed by atoms with van der Waals surface area (Å²) < 4.78 is 28.1. The summed E-state index contributed by atoms with van der Waals surface area (Å²) in [5.41, 5.74) is 1.89. The Bertz CT molecular complexity index is 547. The minimum atomic E-state index is -3.47. The van der Waals surface area contributed by atoms with E-state index in [9.17, 15) is 8.42 Å². The van der Waals surface area contributed by atoms with Crippen LogP contribution in [-0.4, -0.2) is 38.2 Å². The Kier molecular flexibility index (Phi) is 4.38. The number of fused-ring (bicyclic) bond motifs is 1. The van der Waals surface area contributed by atoms with Gasteiger partial charge in [-0.15, -0.1) is 11.6 Å². The Morgan fingerprint density at radius 1 is 1.42 bits per heavy atom. The fourth-order valence-electron chi connectivity index (χ4n) is 2.44. The van der Waals surface area contributed by atoms with Crippen molar-refractivity contribution in [1.29, 1.82) is 0 Å². The van der Waals surface area contributed by atoms with Crippen molar-refractivity contribution in [3.8, 4) is 0 Å². The highest BCUT2D eigenvalue weighted by Gasteiger charge is 2.36. The number of para-hydroxylation sites is 1. The molecule has 1 aromatic carbocycles. The van der Waals surface area contributed by atoms with Crippen LogP contribution >= 0.6 is 11.6 Å². The van der Waals surface area contributed by atoms with Crippen LogP contribution < -0.4 is 4.31 Å². The van der Waals surface area contributed by atoms with Crippen molar-refractivity contribution >= 4 is 27.5 Å². The van der Waals surface area contributed by atoms with Gasteiger partial charge in [-0.2, -0.15) is 12.7 Å². The Morgan fingerprint density at radius 3 is 2.79 bits per heavy atom. The van der Waals surface area contributed by atoms with E-state index in [1.54, 1.807) is 7.05 Å². The molecule has 0 radical (unpaired) electrons. The number of hydrogen-bond donors (Lipinski definition) is 0. The molecule has 1 aliphatic rings. The van der Waals surface area contributed by atoms with E-state index in [4.69, 9.17) is 11.6 Å². The number of rotatable bonds is 5. The van der Waals surface area contributed by atoms with E-state index < -0.39 is 10.2 Å². The van der Waals surface area contributed by atoms with Gasteiger partial charge in [-0.05, 0) is 31.4 Å². The highest BCUT2D eigenvalue weighted by atomic mass is 35.5. The Labute approximate surface area is 120 Å². The highest BCUT2D eigenvalue weighted by Crippen LogP contribution is 2.34. The summed E-state index contributed by atoms with van der Waals surface area (Å²) in [6.45, 7) is 2.38. The molecule has 0 bridgehead atoms. The minimum Gasteiger partial charge on any atom is -0.254 e. The average Bonchev–Trinajstić information content (AvgIpc) is 2.72. The first-order chi connectivity index (χ1) is 8.98. The molecule has 2 rings (SSSR count). The average molecular weight is 303 g/mol. The lowest BCUT2D eigenvalue weighted by molar-refractivity contribution is 0.462. The maximum Gasteiger partial charge on any atom is 0.304 e. The van der Waals surface area contributed by atoms with E-state index in [2.05, 4.69) is 0 Å². The minimum absolute atomic E-state index is 0.0409. The van der Waals surface area contributed by atoms with Crippen molar-refractivity contribution < 1.29 is 8.42 Å². The lowest BCUT2D eigenvalue weighted by Crippen LogP contribution is -2.45. The molecule has 0 aliphatic carbocycles. The largest absolute Gasteiger partial charge is 0.304 e. The standard InChI is InChI=1S/C13H19ClN2O2S/c1-11-10-12-6-3-4-7-13(12)16(11)19(17,18)15(2)9-5-8-14/h3-4,6-7,11H,5,8-10H2,1-2H3. The summed E-state index contributed by atoms with van der Waals surface area (Å²) in [5.74, 6) is 0.464. The van der Waals surface area contributed by atoms with Crippen LogP contribution in [0.5, 0.6) is 0 Å². The fraction of sp³-hybridized carbons (Fsp3) is 0.538. The number of alkyl halides is 1. The summed E-state index contributed by atoms with van der Waals surface area (Å²) in [7, 11) is -1.86. The Morgan fingerprint density at radius 2 is 2.11 bits per heavy atom. The van der Waals surface area contributed by atoms with Gasteiger partial charge < -0.3 is 0 Å². The first kappa shape index (κ1) is 14.6. The Balaban J connectivity index is 2.30. The summed E-state index contributed by atoms with van der Waals surface area (Å²) in [6, 6.07) is 7.63. The van der Waals surface area contributed by atoms with Gasteiger partial charge in [0.05, 0.1) is 5.69 Å². The van der Waals surface area contributed by atoms with Crippen LogP contribution in [0.4, 0.5) is 5.69 Å². The van der Waals surface area contributed by atoms with Crippen molar-refractivity contribution in [3.63, 3.8) is 0 Å². The lowest BCUT2D eigenvalue weighted by atomic mass is 10.1. The van der Waals surface area contributed by atoms with E-state index in [0.717, 1.165) is 17.7 Å². The molecule has 4 nitrogen and oxygen atoms in total. The first-order valence-corrected chi connectivity index (χ1v) is 8.31. The van der Waals surface area contributed by atoms with E-state index in [-0.39, 0.29) is 6.04 Å². The zero-order valence-electron chi connectivity index (χ0n) is 11.2.